The van der Waals surface area contributed by atoms with Crippen LogP contribution in [0, 0.1) is 18.3 Å². The number of carbonyl (C=O) groups is 1. The number of amides is 1. The molecule has 160 valence electrons. The zero-order chi connectivity index (χ0) is 22.1. The van der Waals surface area contributed by atoms with Gasteiger partial charge in [0.2, 0.25) is 5.91 Å². The van der Waals surface area contributed by atoms with Crippen molar-refractivity contribution < 1.29 is 14.3 Å². The van der Waals surface area contributed by atoms with Gasteiger partial charge in [0.1, 0.15) is 11.5 Å². The Labute approximate surface area is 191 Å². The summed E-state index contributed by atoms with van der Waals surface area (Å²) in [4.78, 5) is 17.0. The van der Waals surface area contributed by atoms with Crippen molar-refractivity contribution in [2.45, 2.75) is 19.3 Å². The molecule has 0 saturated carbocycles. The third-order valence-corrected chi connectivity index (χ3v) is 7.25. The van der Waals surface area contributed by atoms with Gasteiger partial charge in [0.15, 0.2) is 0 Å². The van der Waals surface area contributed by atoms with Crippen molar-refractivity contribution in [1.29, 1.82) is 5.26 Å². The van der Waals surface area contributed by atoms with Crippen LogP contribution < -0.4 is 14.4 Å². The van der Waals surface area contributed by atoms with Crippen molar-refractivity contribution in [2.24, 2.45) is 0 Å². The molecule has 2 aromatic rings. The second-order valence-electron chi connectivity index (χ2n) is 7.36. The molecule has 31 heavy (non-hydrogen) atoms. The van der Waals surface area contributed by atoms with E-state index < -0.39 is 0 Å². The van der Waals surface area contributed by atoms with Crippen LogP contribution >= 0.6 is 23.4 Å². The Morgan fingerprint density at radius 3 is 2.74 bits per heavy atom. The van der Waals surface area contributed by atoms with Gasteiger partial charge in [0.25, 0.3) is 0 Å². The van der Waals surface area contributed by atoms with E-state index in [4.69, 9.17) is 21.1 Å². The predicted molar refractivity (Wildman–Crippen MR) is 122 cm³/mol. The standard InChI is InChI=1S/C23H22ClN3O3S/c1-14-19(24)5-4-6-20(14)26-12-27-22(28)10-16(18(11-25)23(27)31-13-26)17-9-15(29-2)7-8-21(17)30-3/h4-9,16H,10,12-13H2,1-3H3. The van der Waals surface area contributed by atoms with Crippen LogP contribution in [0.3, 0.4) is 0 Å². The Morgan fingerprint density at radius 1 is 1.23 bits per heavy atom. The fourth-order valence-corrected chi connectivity index (χ4v) is 5.36. The van der Waals surface area contributed by atoms with Gasteiger partial charge in [-0.1, -0.05) is 29.4 Å². The topological polar surface area (TPSA) is 65.8 Å². The first-order valence-electron chi connectivity index (χ1n) is 9.77. The van der Waals surface area contributed by atoms with Crippen molar-refractivity contribution >= 4 is 35.0 Å². The van der Waals surface area contributed by atoms with E-state index in [0.29, 0.717) is 39.7 Å². The summed E-state index contributed by atoms with van der Waals surface area (Å²) in [6, 6.07) is 13.6. The average molecular weight is 456 g/mol. The second kappa shape index (κ2) is 8.74. The molecule has 1 amide bonds. The van der Waals surface area contributed by atoms with Gasteiger partial charge < -0.3 is 14.4 Å². The predicted octanol–water partition coefficient (Wildman–Crippen LogP) is 4.89. The Morgan fingerprint density at radius 2 is 2.03 bits per heavy atom. The maximum atomic E-state index is 13.2. The van der Waals surface area contributed by atoms with Gasteiger partial charge in [-0.15, -0.1) is 0 Å². The summed E-state index contributed by atoms with van der Waals surface area (Å²) >= 11 is 7.79. The SMILES string of the molecule is COc1ccc(OC)c(C2CC(=O)N3CN(c4cccc(Cl)c4C)CSC3=C2C#N)c1. The van der Waals surface area contributed by atoms with Crippen LogP contribution in [0.25, 0.3) is 0 Å². The van der Waals surface area contributed by atoms with E-state index in [2.05, 4.69) is 11.0 Å². The van der Waals surface area contributed by atoms with Crippen LogP contribution in [-0.4, -0.2) is 37.6 Å². The van der Waals surface area contributed by atoms with Crippen molar-refractivity contribution in [1.82, 2.24) is 4.90 Å². The third kappa shape index (κ3) is 3.82. The number of hydrogen-bond acceptors (Lipinski definition) is 6. The molecule has 6 nitrogen and oxygen atoms in total. The highest BCUT2D eigenvalue weighted by atomic mass is 35.5. The molecule has 8 heteroatoms. The molecule has 0 N–H and O–H groups in total. The molecule has 2 heterocycles. The number of halogens is 1. The maximum Gasteiger partial charge on any atom is 0.229 e. The minimum Gasteiger partial charge on any atom is -0.497 e. The molecule has 0 bridgehead atoms. The molecule has 0 aliphatic carbocycles. The van der Waals surface area contributed by atoms with Crippen LogP contribution in [0.1, 0.15) is 23.5 Å². The van der Waals surface area contributed by atoms with Gasteiger partial charge in [-0.25, -0.2) is 0 Å². The first kappa shape index (κ1) is 21.4. The summed E-state index contributed by atoms with van der Waals surface area (Å²) in [6.45, 7) is 2.35. The summed E-state index contributed by atoms with van der Waals surface area (Å²) in [5.41, 5.74) is 3.33. The van der Waals surface area contributed by atoms with Crippen LogP contribution in [0.4, 0.5) is 5.69 Å². The number of nitrogens with zero attached hydrogens (tertiary/aromatic N) is 3. The minimum atomic E-state index is -0.374. The number of methoxy groups -OCH3 is 2. The van der Waals surface area contributed by atoms with E-state index in [1.807, 2.05) is 37.3 Å². The molecule has 4 rings (SSSR count). The fraction of sp³-hybridized carbons (Fsp3) is 0.304. The molecule has 0 radical (unpaired) electrons. The van der Waals surface area contributed by atoms with Crippen LogP contribution in [0.5, 0.6) is 11.5 Å². The minimum absolute atomic E-state index is 0.0271. The maximum absolute atomic E-state index is 13.2. The zero-order valence-electron chi connectivity index (χ0n) is 17.5. The lowest BCUT2D eigenvalue weighted by atomic mass is 9.86. The number of benzene rings is 2. The summed E-state index contributed by atoms with van der Waals surface area (Å²) < 4.78 is 10.9. The number of thioether (sulfide) groups is 1. The third-order valence-electron chi connectivity index (χ3n) is 5.69. The average Bonchev–Trinajstić information content (AvgIpc) is 2.80. The Kier molecular flexibility index (Phi) is 6.03. The molecule has 1 saturated heterocycles. The number of allylic oxidation sites excluding steroid dienone is 1. The Bertz CT molecular complexity index is 1110. The number of anilines is 1. The van der Waals surface area contributed by atoms with E-state index in [1.165, 1.54) is 11.8 Å². The van der Waals surface area contributed by atoms with Crippen LogP contribution in [0.15, 0.2) is 47.0 Å². The number of carbonyl (C=O) groups excluding carboxylic acids is 1. The second-order valence-corrected chi connectivity index (χ2v) is 8.70. The number of fused-ring (bicyclic) bond motifs is 1. The fourth-order valence-electron chi connectivity index (χ4n) is 4.03. The lowest BCUT2D eigenvalue weighted by Crippen LogP contribution is -2.47. The number of nitriles is 1. The molecule has 2 aromatic carbocycles. The molecule has 1 atom stereocenters. The highest BCUT2D eigenvalue weighted by molar-refractivity contribution is 8.03. The molecular weight excluding hydrogens is 434 g/mol. The number of rotatable bonds is 4. The van der Waals surface area contributed by atoms with Gasteiger partial charge in [0.05, 0.1) is 43.4 Å². The molecule has 0 aromatic heterocycles. The van der Waals surface area contributed by atoms with E-state index in [1.54, 1.807) is 25.2 Å². The quantitative estimate of drug-likeness (QED) is 0.654. The smallest absolute Gasteiger partial charge is 0.229 e. The van der Waals surface area contributed by atoms with Gasteiger partial charge in [0, 0.05) is 28.6 Å². The largest absolute Gasteiger partial charge is 0.497 e. The highest BCUT2D eigenvalue weighted by Crippen LogP contribution is 2.46. The number of ether oxygens (including phenoxy) is 2. The van der Waals surface area contributed by atoms with Crippen molar-refractivity contribution in [3.05, 3.63) is 63.1 Å². The van der Waals surface area contributed by atoms with Crippen LogP contribution in [-0.2, 0) is 4.79 Å². The molecule has 2 aliphatic heterocycles. The van der Waals surface area contributed by atoms with Gasteiger partial charge in [-0.2, -0.15) is 5.26 Å². The summed E-state index contributed by atoms with van der Waals surface area (Å²) in [6.07, 6.45) is 0.193. The van der Waals surface area contributed by atoms with E-state index >= 15 is 0 Å². The molecular formula is C23H22ClN3O3S. The zero-order valence-corrected chi connectivity index (χ0v) is 19.1. The van der Waals surface area contributed by atoms with Crippen LogP contribution in [0.2, 0.25) is 5.02 Å². The van der Waals surface area contributed by atoms with E-state index in [9.17, 15) is 10.1 Å². The Balaban J connectivity index is 1.72. The van der Waals surface area contributed by atoms with Gasteiger partial charge >= 0.3 is 0 Å². The first-order chi connectivity index (χ1) is 15.0. The van der Waals surface area contributed by atoms with Gasteiger partial charge in [-0.3, -0.25) is 9.69 Å². The molecule has 0 spiro atoms. The lowest BCUT2D eigenvalue weighted by Gasteiger charge is -2.42. The molecule has 1 fully saturated rings. The normalized spacial score (nSPS) is 18.5. The molecule has 2 aliphatic rings. The van der Waals surface area contributed by atoms with Gasteiger partial charge in [-0.05, 0) is 42.8 Å². The molecule has 1 unspecified atom stereocenters. The Hall–Kier alpha value is -2.82. The highest BCUT2D eigenvalue weighted by Gasteiger charge is 2.39. The van der Waals surface area contributed by atoms with E-state index in [0.717, 1.165) is 16.8 Å². The first-order valence-corrected chi connectivity index (χ1v) is 11.1. The number of hydrogen-bond donors (Lipinski definition) is 0. The van der Waals surface area contributed by atoms with Crippen molar-refractivity contribution in [3.63, 3.8) is 0 Å². The van der Waals surface area contributed by atoms with Crippen molar-refractivity contribution in [2.75, 3.05) is 31.7 Å². The lowest BCUT2D eigenvalue weighted by molar-refractivity contribution is -0.129. The monoisotopic (exact) mass is 455 g/mol. The van der Waals surface area contributed by atoms with E-state index in [-0.39, 0.29) is 18.2 Å². The summed E-state index contributed by atoms with van der Waals surface area (Å²) in [5, 5.41) is 11.4. The van der Waals surface area contributed by atoms with Crippen molar-refractivity contribution in [3.8, 4) is 17.6 Å². The summed E-state index contributed by atoms with van der Waals surface area (Å²) in [7, 11) is 3.18. The summed E-state index contributed by atoms with van der Waals surface area (Å²) in [5.74, 6) is 1.51.